The number of fused-ring (bicyclic) bond motifs is 1. The molecule has 0 N–H and O–H groups in total. The van der Waals surface area contributed by atoms with E-state index < -0.39 is 28.1 Å². The molecule has 32 heavy (non-hydrogen) atoms. The Labute approximate surface area is 196 Å². The molecule has 0 saturated carbocycles. The zero-order chi connectivity index (χ0) is 23.7. The third kappa shape index (κ3) is 5.43. The molecule has 1 heterocycles. The Kier molecular flexibility index (Phi) is 6.88. The monoisotopic (exact) mass is 496 g/mol. The summed E-state index contributed by atoms with van der Waals surface area (Å²) in [5.41, 5.74) is -0.281. The number of aromatic nitrogens is 1. The summed E-state index contributed by atoms with van der Waals surface area (Å²) in [7, 11) is -2.84. The van der Waals surface area contributed by atoms with E-state index in [2.05, 4.69) is 4.98 Å². The van der Waals surface area contributed by atoms with Gasteiger partial charge in [-0.15, -0.1) is 0 Å². The van der Waals surface area contributed by atoms with E-state index in [-0.39, 0.29) is 20.6 Å². The van der Waals surface area contributed by atoms with Crippen molar-refractivity contribution < 1.29 is 22.7 Å². The van der Waals surface area contributed by atoms with Gasteiger partial charge in [0.1, 0.15) is 17.9 Å². The summed E-state index contributed by atoms with van der Waals surface area (Å²) in [6, 6.07) is 10.7. The molecule has 0 radical (unpaired) electrons. The molecule has 0 amide bonds. The minimum absolute atomic E-state index is 0.141. The molecule has 0 fully saturated rings. The quantitative estimate of drug-likeness (QED) is 0.441. The lowest BCUT2D eigenvalue weighted by atomic mass is 10.1. The summed E-state index contributed by atoms with van der Waals surface area (Å²) in [6.07, 6.45) is 1.53. The van der Waals surface area contributed by atoms with Crippen molar-refractivity contribution in [2.75, 3.05) is 18.0 Å². The lowest BCUT2D eigenvalue weighted by Crippen LogP contribution is -2.39. The highest BCUT2D eigenvalue weighted by Gasteiger charge is 2.32. The molecule has 3 aromatic rings. The second kappa shape index (κ2) is 9.13. The minimum Gasteiger partial charge on any atom is -0.497 e. The number of pyridine rings is 1. The van der Waals surface area contributed by atoms with Gasteiger partial charge >= 0.3 is 5.97 Å². The van der Waals surface area contributed by atoms with Crippen molar-refractivity contribution in [2.45, 2.75) is 31.3 Å². The first kappa shape index (κ1) is 24.1. The number of halogens is 2. The summed E-state index contributed by atoms with van der Waals surface area (Å²) in [5.74, 6) is -0.338. The normalized spacial score (nSPS) is 11.9. The second-order valence-corrected chi connectivity index (χ2v) is 10.7. The van der Waals surface area contributed by atoms with Crippen LogP contribution in [0.1, 0.15) is 20.8 Å². The number of esters is 1. The van der Waals surface area contributed by atoms with E-state index in [0.29, 0.717) is 16.7 Å². The maximum atomic E-state index is 13.7. The van der Waals surface area contributed by atoms with E-state index in [9.17, 15) is 13.2 Å². The van der Waals surface area contributed by atoms with Crippen LogP contribution in [-0.2, 0) is 19.6 Å². The zero-order valence-corrected chi connectivity index (χ0v) is 20.3. The number of nitrogens with zero attached hydrogens (tertiary/aromatic N) is 2. The SMILES string of the molecule is COc1cc(N(CC(=O)OC(C)(C)C)S(=O)(=O)c2cc(Cl)cc(Cl)c2)c2ncccc2c1. The molecule has 0 spiro atoms. The Bertz CT molecular complexity index is 1250. The maximum Gasteiger partial charge on any atom is 0.327 e. The van der Waals surface area contributed by atoms with Crippen LogP contribution < -0.4 is 9.04 Å². The number of benzene rings is 2. The highest BCUT2D eigenvalue weighted by molar-refractivity contribution is 7.92. The number of anilines is 1. The lowest BCUT2D eigenvalue weighted by molar-refractivity contribution is -0.152. The maximum absolute atomic E-state index is 13.7. The van der Waals surface area contributed by atoms with E-state index in [1.54, 1.807) is 39.0 Å². The number of hydrogen-bond acceptors (Lipinski definition) is 6. The molecular weight excluding hydrogens is 475 g/mol. The summed E-state index contributed by atoms with van der Waals surface area (Å²) in [4.78, 5) is 16.9. The molecule has 3 rings (SSSR count). The number of carbonyl (C=O) groups is 1. The van der Waals surface area contributed by atoms with Crippen molar-refractivity contribution in [3.63, 3.8) is 0 Å². The van der Waals surface area contributed by atoms with Crippen LogP contribution in [-0.4, -0.2) is 38.6 Å². The highest BCUT2D eigenvalue weighted by Crippen LogP contribution is 2.35. The summed E-state index contributed by atoms with van der Waals surface area (Å²) >= 11 is 12.1. The van der Waals surface area contributed by atoms with Crippen LogP contribution in [0.5, 0.6) is 5.75 Å². The molecule has 1 aromatic heterocycles. The van der Waals surface area contributed by atoms with Gasteiger partial charge in [-0.1, -0.05) is 29.3 Å². The first-order chi connectivity index (χ1) is 14.9. The fourth-order valence-corrected chi connectivity index (χ4v) is 5.18. The van der Waals surface area contributed by atoms with E-state index in [1.165, 1.54) is 37.6 Å². The Morgan fingerprint density at radius 2 is 1.75 bits per heavy atom. The van der Waals surface area contributed by atoms with Gasteiger partial charge in [-0.3, -0.25) is 14.1 Å². The topological polar surface area (TPSA) is 85.8 Å². The molecule has 0 saturated heterocycles. The molecule has 170 valence electrons. The summed E-state index contributed by atoms with van der Waals surface area (Å²) < 4.78 is 39.1. The number of carbonyl (C=O) groups excluding carboxylic acids is 1. The number of hydrogen-bond donors (Lipinski definition) is 0. The molecule has 0 atom stereocenters. The van der Waals surface area contributed by atoms with E-state index in [0.717, 1.165) is 4.31 Å². The Balaban J connectivity index is 2.24. The second-order valence-electron chi connectivity index (χ2n) is 7.92. The van der Waals surface area contributed by atoms with Crippen LogP contribution in [0.15, 0.2) is 53.6 Å². The molecule has 2 aromatic carbocycles. The third-order valence-electron chi connectivity index (χ3n) is 4.28. The van der Waals surface area contributed by atoms with Gasteiger partial charge in [0.05, 0.1) is 23.2 Å². The largest absolute Gasteiger partial charge is 0.497 e. The molecule has 0 bridgehead atoms. The number of ether oxygens (including phenoxy) is 2. The van der Waals surface area contributed by atoms with Crippen molar-refractivity contribution in [2.24, 2.45) is 0 Å². The average molecular weight is 497 g/mol. The van der Waals surface area contributed by atoms with Crippen LogP contribution in [0.25, 0.3) is 10.9 Å². The summed E-state index contributed by atoms with van der Waals surface area (Å²) in [6.45, 7) is 4.50. The standard InChI is InChI=1S/C22H22Cl2N2O5S/c1-22(2,3)31-20(27)13-26(32(28,29)18-10-15(23)9-16(24)11-18)19-12-17(30-4)8-14-6-5-7-25-21(14)19/h5-12H,13H2,1-4H3. The van der Waals surface area contributed by atoms with Crippen LogP contribution >= 0.6 is 23.2 Å². The molecule has 0 aliphatic rings. The van der Waals surface area contributed by atoms with Crippen molar-refractivity contribution in [3.05, 3.63) is 58.7 Å². The Hall–Kier alpha value is -2.55. The number of methoxy groups -OCH3 is 1. The lowest BCUT2D eigenvalue weighted by Gasteiger charge is -2.27. The predicted octanol–water partition coefficient (Wildman–Crippen LogP) is 5.09. The third-order valence-corrected chi connectivity index (χ3v) is 6.45. The van der Waals surface area contributed by atoms with Gasteiger partial charge in [-0.2, -0.15) is 0 Å². The fraction of sp³-hybridized carbons (Fsp3) is 0.273. The van der Waals surface area contributed by atoms with Gasteiger partial charge in [-0.25, -0.2) is 8.42 Å². The van der Waals surface area contributed by atoms with Crippen molar-refractivity contribution in [3.8, 4) is 5.75 Å². The Morgan fingerprint density at radius 1 is 1.09 bits per heavy atom. The van der Waals surface area contributed by atoms with Gasteiger partial charge in [0.2, 0.25) is 0 Å². The van der Waals surface area contributed by atoms with Crippen LogP contribution in [0, 0.1) is 0 Å². The number of rotatable bonds is 6. The van der Waals surface area contributed by atoms with Gasteiger partial charge in [-0.05, 0) is 51.1 Å². The van der Waals surface area contributed by atoms with Crippen LogP contribution in [0.3, 0.4) is 0 Å². The zero-order valence-electron chi connectivity index (χ0n) is 17.9. The average Bonchev–Trinajstić information content (AvgIpc) is 2.69. The van der Waals surface area contributed by atoms with Gasteiger partial charge < -0.3 is 9.47 Å². The first-order valence-corrected chi connectivity index (χ1v) is 11.7. The highest BCUT2D eigenvalue weighted by atomic mass is 35.5. The van der Waals surface area contributed by atoms with Crippen molar-refractivity contribution in [1.82, 2.24) is 4.98 Å². The Morgan fingerprint density at radius 3 is 2.34 bits per heavy atom. The predicted molar refractivity (Wildman–Crippen MR) is 125 cm³/mol. The number of sulfonamides is 1. The van der Waals surface area contributed by atoms with Crippen molar-refractivity contribution in [1.29, 1.82) is 0 Å². The van der Waals surface area contributed by atoms with Crippen molar-refractivity contribution >= 4 is 55.8 Å². The van der Waals surface area contributed by atoms with E-state index in [4.69, 9.17) is 32.7 Å². The van der Waals surface area contributed by atoms with Gasteiger partial charge in [0.15, 0.2) is 0 Å². The van der Waals surface area contributed by atoms with Crippen LogP contribution in [0.4, 0.5) is 5.69 Å². The molecule has 0 aliphatic heterocycles. The molecule has 10 heteroatoms. The fourth-order valence-electron chi connectivity index (χ4n) is 3.05. The minimum atomic E-state index is -4.30. The molecule has 0 unspecified atom stereocenters. The summed E-state index contributed by atoms with van der Waals surface area (Å²) in [5, 5.41) is 0.916. The van der Waals surface area contributed by atoms with Gasteiger partial charge in [0.25, 0.3) is 10.0 Å². The van der Waals surface area contributed by atoms with Gasteiger partial charge in [0, 0.05) is 27.7 Å². The van der Waals surface area contributed by atoms with Crippen LogP contribution in [0.2, 0.25) is 10.0 Å². The molecule has 7 nitrogen and oxygen atoms in total. The molecular formula is C22H22Cl2N2O5S. The first-order valence-electron chi connectivity index (χ1n) is 9.54. The smallest absolute Gasteiger partial charge is 0.327 e. The van der Waals surface area contributed by atoms with E-state index in [1.807, 2.05) is 0 Å². The van der Waals surface area contributed by atoms with E-state index >= 15 is 0 Å². The molecule has 0 aliphatic carbocycles.